The van der Waals surface area contributed by atoms with E-state index in [1.807, 2.05) is 37.5 Å². The number of benzene rings is 2. The molecule has 192 valence electrons. The molecule has 37 heavy (non-hydrogen) atoms. The van der Waals surface area contributed by atoms with Gasteiger partial charge in [0.05, 0.1) is 5.56 Å². The number of nitrogens with zero attached hydrogens (tertiary/aromatic N) is 5. The highest BCUT2D eigenvalue weighted by Gasteiger charge is 2.41. The van der Waals surface area contributed by atoms with Crippen molar-refractivity contribution in [2.24, 2.45) is 5.73 Å². The van der Waals surface area contributed by atoms with Crippen molar-refractivity contribution < 1.29 is 9.18 Å². The second-order valence-electron chi connectivity index (χ2n) is 9.73. The highest BCUT2D eigenvalue weighted by molar-refractivity contribution is 6.30. The molecule has 10 heteroatoms. The number of aryl methyl sites for hydroxylation is 1. The third-order valence-corrected chi connectivity index (χ3v) is 7.01. The lowest BCUT2D eigenvalue weighted by molar-refractivity contribution is -0.125. The van der Waals surface area contributed by atoms with Crippen LogP contribution in [0.5, 0.6) is 0 Å². The molecule has 0 spiro atoms. The van der Waals surface area contributed by atoms with E-state index >= 15 is 0 Å². The first-order chi connectivity index (χ1) is 17.7. The second-order valence-corrected chi connectivity index (χ2v) is 10.2. The van der Waals surface area contributed by atoms with Crippen LogP contribution in [0.4, 0.5) is 10.2 Å². The highest BCUT2D eigenvalue weighted by atomic mass is 35.5. The number of aromatic nitrogens is 4. The number of amides is 1. The van der Waals surface area contributed by atoms with Crippen molar-refractivity contribution in [1.82, 2.24) is 24.8 Å². The van der Waals surface area contributed by atoms with Gasteiger partial charge in [-0.05, 0) is 70.0 Å². The van der Waals surface area contributed by atoms with Crippen LogP contribution in [0.1, 0.15) is 32.5 Å². The second kappa shape index (κ2) is 9.72. The van der Waals surface area contributed by atoms with E-state index in [1.54, 1.807) is 30.3 Å². The summed E-state index contributed by atoms with van der Waals surface area (Å²) >= 11 is 6.15. The smallest absolute Gasteiger partial charge is 0.237 e. The molecule has 0 aliphatic carbocycles. The van der Waals surface area contributed by atoms with Gasteiger partial charge in [-0.25, -0.2) is 19.3 Å². The number of nitrogens with two attached hydrogens (primary N) is 1. The molecule has 1 fully saturated rings. The Bertz CT molecular complexity index is 1460. The molecule has 4 aromatic rings. The molecule has 3 heterocycles. The Morgan fingerprint density at radius 1 is 1.08 bits per heavy atom. The predicted molar refractivity (Wildman–Crippen MR) is 143 cm³/mol. The number of fused-ring (bicyclic) bond motifs is 1. The maximum absolute atomic E-state index is 15.0. The van der Waals surface area contributed by atoms with E-state index < -0.39 is 5.54 Å². The summed E-state index contributed by atoms with van der Waals surface area (Å²) in [4.78, 5) is 28.9. The zero-order valence-electron chi connectivity index (χ0n) is 21.0. The van der Waals surface area contributed by atoms with Crippen LogP contribution >= 0.6 is 11.6 Å². The SMILES string of the molecule is Cc1nc(N2CCC(NC(C)C)(C(N)=O)CC2)c2nc(-c3ccccc3F)n(-c3ccc(Cl)cc3)c2n1. The number of imidazole rings is 1. The van der Waals surface area contributed by atoms with Gasteiger partial charge in [-0.3, -0.25) is 9.36 Å². The van der Waals surface area contributed by atoms with Gasteiger partial charge in [-0.2, -0.15) is 0 Å². The summed E-state index contributed by atoms with van der Waals surface area (Å²) in [6, 6.07) is 13.9. The van der Waals surface area contributed by atoms with Gasteiger partial charge in [0.1, 0.15) is 23.0 Å². The number of piperidine rings is 1. The zero-order valence-corrected chi connectivity index (χ0v) is 21.8. The molecular formula is C27H29ClFN7O. The summed E-state index contributed by atoms with van der Waals surface area (Å²) in [5, 5.41) is 3.97. The first-order valence-corrected chi connectivity index (χ1v) is 12.7. The van der Waals surface area contributed by atoms with Crippen LogP contribution in [-0.2, 0) is 4.79 Å². The van der Waals surface area contributed by atoms with Crippen molar-refractivity contribution in [1.29, 1.82) is 0 Å². The molecule has 0 atom stereocenters. The number of halogens is 2. The molecule has 0 saturated carbocycles. The lowest BCUT2D eigenvalue weighted by Crippen LogP contribution is -2.62. The fraction of sp³-hybridized carbons (Fsp3) is 0.333. The van der Waals surface area contributed by atoms with Crippen LogP contribution in [0.2, 0.25) is 5.02 Å². The first-order valence-electron chi connectivity index (χ1n) is 12.3. The predicted octanol–water partition coefficient (Wildman–Crippen LogP) is 4.41. The van der Waals surface area contributed by atoms with Gasteiger partial charge in [0.25, 0.3) is 0 Å². The van der Waals surface area contributed by atoms with Gasteiger partial charge in [0, 0.05) is 29.8 Å². The third kappa shape index (κ3) is 4.65. The molecule has 5 rings (SSSR count). The van der Waals surface area contributed by atoms with E-state index in [0.717, 1.165) is 5.69 Å². The van der Waals surface area contributed by atoms with E-state index in [1.165, 1.54) is 6.07 Å². The van der Waals surface area contributed by atoms with Gasteiger partial charge in [0.15, 0.2) is 17.0 Å². The van der Waals surface area contributed by atoms with Gasteiger partial charge < -0.3 is 16.0 Å². The molecule has 0 radical (unpaired) electrons. The van der Waals surface area contributed by atoms with Crippen molar-refractivity contribution in [3.8, 4) is 17.1 Å². The zero-order chi connectivity index (χ0) is 26.3. The number of rotatable bonds is 6. The number of anilines is 1. The molecule has 2 aromatic heterocycles. The normalized spacial score (nSPS) is 15.5. The Labute approximate surface area is 219 Å². The lowest BCUT2D eigenvalue weighted by Gasteiger charge is -2.41. The summed E-state index contributed by atoms with van der Waals surface area (Å²) in [5.74, 6) is 0.892. The molecule has 1 amide bonds. The lowest BCUT2D eigenvalue weighted by atomic mass is 9.86. The van der Waals surface area contributed by atoms with E-state index in [2.05, 4.69) is 10.2 Å². The van der Waals surface area contributed by atoms with Crippen LogP contribution in [0.25, 0.3) is 28.2 Å². The summed E-state index contributed by atoms with van der Waals surface area (Å²) in [6.07, 6.45) is 1.06. The van der Waals surface area contributed by atoms with Crippen molar-refractivity contribution in [2.75, 3.05) is 18.0 Å². The van der Waals surface area contributed by atoms with Crippen LogP contribution in [0.15, 0.2) is 48.5 Å². The quantitative estimate of drug-likeness (QED) is 0.390. The first kappa shape index (κ1) is 25.1. The Balaban J connectivity index is 1.65. The molecular weight excluding hydrogens is 493 g/mol. The van der Waals surface area contributed by atoms with Gasteiger partial charge in [0.2, 0.25) is 5.91 Å². The fourth-order valence-corrected chi connectivity index (χ4v) is 5.17. The molecule has 1 saturated heterocycles. The minimum Gasteiger partial charge on any atom is -0.368 e. The fourth-order valence-electron chi connectivity index (χ4n) is 5.04. The summed E-state index contributed by atoms with van der Waals surface area (Å²) < 4.78 is 16.8. The number of nitrogens with one attached hydrogen (secondary N) is 1. The molecule has 0 bridgehead atoms. The number of hydrogen-bond acceptors (Lipinski definition) is 6. The Kier molecular flexibility index (Phi) is 6.59. The maximum atomic E-state index is 15.0. The van der Waals surface area contributed by atoms with Crippen molar-refractivity contribution in [3.63, 3.8) is 0 Å². The van der Waals surface area contributed by atoms with Crippen LogP contribution in [0.3, 0.4) is 0 Å². The molecule has 2 aromatic carbocycles. The van der Waals surface area contributed by atoms with Crippen molar-refractivity contribution in [3.05, 3.63) is 65.2 Å². The Morgan fingerprint density at radius 3 is 2.38 bits per heavy atom. The maximum Gasteiger partial charge on any atom is 0.237 e. The highest BCUT2D eigenvalue weighted by Crippen LogP contribution is 2.35. The van der Waals surface area contributed by atoms with Crippen molar-refractivity contribution >= 4 is 34.5 Å². The van der Waals surface area contributed by atoms with Crippen molar-refractivity contribution in [2.45, 2.75) is 45.2 Å². The standard InChI is InChI=1S/C27H29ClFN7O/c1-16(2)34-27(26(30)37)12-14-35(15-13-27)24-22-25(32-17(3)31-24)36(19-10-8-18(28)9-11-19)23(33-22)20-6-4-5-7-21(20)29/h4-11,16,34H,12-15H2,1-3H3,(H2,30,37). The minimum absolute atomic E-state index is 0.116. The number of carbonyl (C=O) groups is 1. The molecule has 3 N–H and O–H groups in total. The van der Waals surface area contributed by atoms with E-state index in [4.69, 9.17) is 32.3 Å². The minimum atomic E-state index is -0.771. The van der Waals surface area contributed by atoms with Gasteiger partial charge in [-0.1, -0.05) is 23.7 Å². The Hall–Kier alpha value is -3.56. The van der Waals surface area contributed by atoms with E-state index in [-0.39, 0.29) is 17.8 Å². The van der Waals surface area contributed by atoms with E-state index in [9.17, 15) is 9.18 Å². The van der Waals surface area contributed by atoms with Crippen LogP contribution < -0.4 is 16.0 Å². The Morgan fingerprint density at radius 2 is 1.76 bits per heavy atom. The largest absolute Gasteiger partial charge is 0.368 e. The van der Waals surface area contributed by atoms with Crippen LogP contribution in [-0.4, -0.2) is 50.1 Å². The molecule has 1 aliphatic heterocycles. The summed E-state index contributed by atoms with van der Waals surface area (Å²) in [7, 11) is 0. The topological polar surface area (TPSA) is 102 Å². The average Bonchev–Trinajstić information content (AvgIpc) is 3.23. The van der Waals surface area contributed by atoms with E-state index in [0.29, 0.717) is 65.1 Å². The number of hydrogen-bond donors (Lipinski definition) is 2. The van der Waals surface area contributed by atoms with Gasteiger partial charge in [-0.15, -0.1) is 0 Å². The monoisotopic (exact) mass is 521 g/mol. The van der Waals surface area contributed by atoms with Gasteiger partial charge >= 0.3 is 0 Å². The summed E-state index contributed by atoms with van der Waals surface area (Å²) in [5.41, 5.74) is 7.28. The number of carbonyl (C=O) groups excluding carboxylic acids is 1. The van der Waals surface area contributed by atoms with Crippen LogP contribution in [0, 0.1) is 12.7 Å². The molecule has 8 nitrogen and oxygen atoms in total. The average molecular weight is 522 g/mol. The molecule has 1 aliphatic rings. The third-order valence-electron chi connectivity index (χ3n) is 6.75. The summed E-state index contributed by atoms with van der Waals surface area (Å²) in [6.45, 7) is 6.93. The number of primary amides is 1. The molecule has 0 unspecified atom stereocenters.